The lowest BCUT2D eigenvalue weighted by molar-refractivity contribution is -0.121. The number of nitrogens with two attached hydrogens (primary N) is 1. The molecule has 1 amide bonds. The van der Waals surface area contributed by atoms with E-state index in [0.29, 0.717) is 17.1 Å². The molecule has 0 saturated heterocycles. The highest BCUT2D eigenvalue weighted by Crippen LogP contribution is 2.23. The Balaban J connectivity index is 1.86. The zero-order chi connectivity index (χ0) is 13.8. The third-order valence-electron chi connectivity index (χ3n) is 3.47. The van der Waals surface area contributed by atoms with Crippen LogP contribution in [0.2, 0.25) is 0 Å². The second kappa shape index (κ2) is 6.27. The molecule has 106 valence electrons. The fourth-order valence-corrected chi connectivity index (χ4v) is 3.04. The van der Waals surface area contributed by atoms with Gasteiger partial charge in [-0.1, -0.05) is 31.0 Å². The highest BCUT2D eigenvalue weighted by atomic mass is 32.2. The Morgan fingerprint density at radius 1 is 1.42 bits per heavy atom. The normalized spacial score (nSPS) is 18.2. The third-order valence-corrected chi connectivity index (χ3v) is 4.61. The number of amides is 1. The lowest BCUT2D eigenvalue weighted by Gasteiger charge is -2.24. The van der Waals surface area contributed by atoms with Gasteiger partial charge in [0.25, 0.3) is 0 Å². The van der Waals surface area contributed by atoms with Crippen LogP contribution < -0.4 is 11.1 Å². The molecule has 1 saturated carbocycles. The Hall–Kier alpha value is -1.24. The molecular formula is C12H21N5OS. The van der Waals surface area contributed by atoms with Gasteiger partial charge in [-0.15, -0.1) is 10.2 Å². The van der Waals surface area contributed by atoms with E-state index in [0.717, 1.165) is 12.8 Å². The SMILES string of the molecule is CC(Sc1nnc(N)n1C)C(=O)NC1CCCCC1. The number of nitrogens with one attached hydrogen (secondary N) is 1. The first-order valence-corrected chi connectivity index (χ1v) is 7.58. The van der Waals surface area contributed by atoms with Crippen LogP contribution in [-0.4, -0.2) is 32.0 Å². The first kappa shape index (κ1) is 14.2. The van der Waals surface area contributed by atoms with Crippen molar-refractivity contribution >= 4 is 23.6 Å². The quantitative estimate of drug-likeness (QED) is 0.814. The number of thioether (sulfide) groups is 1. The van der Waals surface area contributed by atoms with Crippen molar-refractivity contribution in [1.82, 2.24) is 20.1 Å². The van der Waals surface area contributed by atoms with Crippen molar-refractivity contribution < 1.29 is 4.79 Å². The number of hydrogen-bond acceptors (Lipinski definition) is 5. The molecular weight excluding hydrogens is 262 g/mol. The minimum Gasteiger partial charge on any atom is -0.368 e. The molecule has 6 nitrogen and oxygen atoms in total. The van der Waals surface area contributed by atoms with Gasteiger partial charge >= 0.3 is 0 Å². The summed E-state index contributed by atoms with van der Waals surface area (Å²) < 4.78 is 1.69. The molecule has 7 heteroatoms. The number of nitrogens with zero attached hydrogens (tertiary/aromatic N) is 3. The lowest BCUT2D eigenvalue weighted by atomic mass is 9.95. The summed E-state index contributed by atoms with van der Waals surface area (Å²) in [6.45, 7) is 1.88. The van der Waals surface area contributed by atoms with E-state index >= 15 is 0 Å². The predicted octanol–water partition coefficient (Wildman–Crippen LogP) is 1.33. The van der Waals surface area contributed by atoms with Crippen LogP contribution in [0.4, 0.5) is 5.95 Å². The molecule has 1 fully saturated rings. The topological polar surface area (TPSA) is 85.8 Å². The second-order valence-corrected chi connectivity index (χ2v) is 6.31. The van der Waals surface area contributed by atoms with Crippen LogP contribution in [0, 0.1) is 0 Å². The van der Waals surface area contributed by atoms with Crippen LogP contribution in [-0.2, 0) is 11.8 Å². The first-order chi connectivity index (χ1) is 9.08. The summed E-state index contributed by atoms with van der Waals surface area (Å²) in [7, 11) is 1.80. The van der Waals surface area contributed by atoms with Crippen LogP contribution in [0.5, 0.6) is 0 Å². The van der Waals surface area contributed by atoms with Crippen LogP contribution >= 0.6 is 11.8 Å². The fourth-order valence-electron chi connectivity index (χ4n) is 2.21. The molecule has 0 spiro atoms. The average molecular weight is 283 g/mol. The highest BCUT2D eigenvalue weighted by molar-refractivity contribution is 8.00. The van der Waals surface area contributed by atoms with E-state index in [2.05, 4.69) is 15.5 Å². The van der Waals surface area contributed by atoms with E-state index in [1.54, 1.807) is 11.6 Å². The van der Waals surface area contributed by atoms with Crippen molar-refractivity contribution in [2.24, 2.45) is 7.05 Å². The largest absolute Gasteiger partial charge is 0.368 e. The number of anilines is 1. The number of rotatable bonds is 4. The molecule has 1 atom stereocenters. The van der Waals surface area contributed by atoms with Gasteiger partial charge in [-0.25, -0.2) is 0 Å². The summed E-state index contributed by atoms with van der Waals surface area (Å²) in [4.78, 5) is 12.1. The van der Waals surface area contributed by atoms with Crippen molar-refractivity contribution in [3.05, 3.63) is 0 Å². The molecule has 1 heterocycles. The molecule has 1 unspecified atom stereocenters. The number of hydrogen-bond donors (Lipinski definition) is 2. The minimum absolute atomic E-state index is 0.0680. The van der Waals surface area contributed by atoms with Crippen LogP contribution in [0.3, 0.4) is 0 Å². The maximum Gasteiger partial charge on any atom is 0.233 e. The summed E-state index contributed by atoms with van der Waals surface area (Å²) in [6, 6.07) is 0.342. The lowest BCUT2D eigenvalue weighted by Crippen LogP contribution is -2.40. The molecule has 1 aliphatic rings. The molecule has 0 aliphatic heterocycles. The standard InChI is InChI=1S/C12H21N5OS/c1-8(19-12-16-15-11(13)17(12)2)10(18)14-9-6-4-3-5-7-9/h8-9H,3-7H2,1-2H3,(H2,13,15)(H,14,18). The second-order valence-electron chi connectivity index (χ2n) is 5.00. The van der Waals surface area contributed by atoms with E-state index in [9.17, 15) is 4.79 Å². The summed E-state index contributed by atoms with van der Waals surface area (Å²) in [5.41, 5.74) is 5.62. The maximum absolute atomic E-state index is 12.1. The minimum atomic E-state index is -0.191. The molecule has 0 bridgehead atoms. The molecule has 3 N–H and O–H groups in total. The monoisotopic (exact) mass is 283 g/mol. The van der Waals surface area contributed by atoms with Crippen molar-refractivity contribution in [2.45, 2.75) is 55.5 Å². The van der Waals surface area contributed by atoms with Gasteiger partial charge in [0.15, 0.2) is 5.16 Å². The molecule has 0 aromatic carbocycles. The third kappa shape index (κ3) is 3.62. The van der Waals surface area contributed by atoms with Gasteiger partial charge in [-0.3, -0.25) is 9.36 Å². The van der Waals surface area contributed by atoms with Gasteiger partial charge in [-0.2, -0.15) is 0 Å². The van der Waals surface area contributed by atoms with E-state index in [-0.39, 0.29) is 11.2 Å². The molecule has 1 aromatic rings. The number of nitrogen functional groups attached to an aromatic ring is 1. The van der Waals surface area contributed by atoms with E-state index in [1.165, 1.54) is 31.0 Å². The van der Waals surface area contributed by atoms with Gasteiger partial charge in [0, 0.05) is 13.1 Å². The van der Waals surface area contributed by atoms with Crippen molar-refractivity contribution in [3.8, 4) is 0 Å². The zero-order valence-electron chi connectivity index (χ0n) is 11.4. The van der Waals surface area contributed by atoms with E-state index < -0.39 is 0 Å². The Kier molecular flexibility index (Phi) is 4.68. The molecule has 19 heavy (non-hydrogen) atoms. The summed E-state index contributed by atoms with van der Waals surface area (Å²) >= 11 is 1.39. The van der Waals surface area contributed by atoms with Crippen molar-refractivity contribution in [2.75, 3.05) is 5.73 Å². The number of carbonyl (C=O) groups excluding carboxylic acids is 1. The molecule has 1 aliphatic carbocycles. The van der Waals surface area contributed by atoms with Gasteiger partial charge in [0.2, 0.25) is 11.9 Å². The Labute approximate surface area is 117 Å². The highest BCUT2D eigenvalue weighted by Gasteiger charge is 2.22. The smallest absolute Gasteiger partial charge is 0.233 e. The van der Waals surface area contributed by atoms with E-state index in [1.807, 2.05) is 6.92 Å². The zero-order valence-corrected chi connectivity index (χ0v) is 12.2. The average Bonchev–Trinajstić information content (AvgIpc) is 2.72. The summed E-state index contributed by atoms with van der Waals surface area (Å²) in [5, 5.41) is 11.3. The fraction of sp³-hybridized carbons (Fsp3) is 0.750. The molecule has 0 radical (unpaired) electrons. The Morgan fingerprint density at radius 3 is 2.68 bits per heavy atom. The van der Waals surface area contributed by atoms with Gasteiger partial charge in [0.05, 0.1) is 5.25 Å². The first-order valence-electron chi connectivity index (χ1n) is 6.70. The van der Waals surface area contributed by atoms with Crippen molar-refractivity contribution in [1.29, 1.82) is 0 Å². The van der Waals surface area contributed by atoms with E-state index in [4.69, 9.17) is 5.73 Å². The summed E-state index contributed by atoms with van der Waals surface area (Å²) in [5.74, 6) is 0.431. The number of aromatic nitrogens is 3. The van der Waals surface area contributed by atoms with Crippen LogP contribution in [0.25, 0.3) is 0 Å². The van der Waals surface area contributed by atoms with Crippen LogP contribution in [0.1, 0.15) is 39.0 Å². The summed E-state index contributed by atoms with van der Waals surface area (Å²) in [6.07, 6.45) is 5.91. The number of carbonyl (C=O) groups is 1. The van der Waals surface area contributed by atoms with Gasteiger partial charge in [-0.05, 0) is 19.8 Å². The predicted molar refractivity (Wildman–Crippen MR) is 75.8 cm³/mol. The van der Waals surface area contributed by atoms with Crippen LogP contribution in [0.15, 0.2) is 5.16 Å². The van der Waals surface area contributed by atoms with Gasteiger partial charge in [0.1, 0.15) is 0 Å². The molecule has 2 rings (SSSR count). The Morgan fingerprint density at radius 2 is 2.11 bits per heavy atom. The van der Waals surface area contributed by atoms with Crippen molar-refractivity contribution in [3.63, 3.8) is 0 Å². The van der Waals surface area contributed by atoms with Gasteiger partial charge < -0.3 is 11.1 Å². The Bertz CT molecular complexity index is 441. The maximum atomic E-state index is 12.1. The molecule has 1 aromatic heterocycles.